The highest BCUT2D eigenvalue weighted by atomic mass is 16.5. The molecule has 0 aliphatic carbocycles. The number of benzene rings is 2. The van der Waals surface area contributed by atoms with Crippen LogP contribution in [-0.4, -0.2) is 41.9 Å². The average molecular weight is 335 g/mol. The highest BCUT2D eigenvalue weighted by Gasteiger charge is 2.13. The molecule has 0 aliphatic rings. The second kappa shape index (κ2) is 7.99. The van der Waals surface area contributed by atoms with Gasteiger partial charge in [-0.2, -0.15) is 0 Å². The van der Waals surface area contributed by atoms with Gasteiger partial charge in [-0.15, -0.1) is 5.10 Å². The van der Waals surface area contributed by atoms with E-state index in [1.807, 2.05) is 29.1 Å². The Morgan fingerprint density at radius 2 is 1.72 bits per heavy atom. The van der Waals surface area contributed by atoms with Crippen molar-refractivity contribution in [2.45, 2.75) is 13.3 Å². The van der Waals surface area contributed by atoms with Crippen LogP contribution in [0.25, 0.3) is 16.8 Å². The summed E-state index contributed by atoms with van der Waals surface area (Å²) in [6, 6.07) is 18.6. The smallest absolute Gasteiger partial charge is 0.241 e. The number of hydrogen-bond donors (Lipinski definition) is 0. The molecule has 4 heteroatoms. The van der Waals surface area contributed by atoms with Gasteiger partial charge in [-0.25, -0.2) is 4.68 Å². The Hall–Kier alpha value is -2.59. The fourth-order valence-corrected chi connectivity index (χ4v) is 2.66. The van der Waals surface area contributed by atoms with E-state index in [-0.39, 0.29) is 0 Å². The van der Waals surface area contributed by atoms with Gasteiger partial charge in [-0.05, 0) is 45.1 Å². The van der Waals surface area contributed by atoms with E-state index in [0.717, 1.165) is 29.8 Å². The molecule has 130 valence electrons. The Kier molecular flexibility index (Phi) is 5.51. The molecule has 0 unspecified atom stereocenters. The van der Waals surface area contributed by atoms with Crippen LogP contribution in [-0.2, 0) is 0 Å². The Labute approximate surface area is 149 Å². The summed E-state index contributed by atoms with van der Waals surface area (Å²) >= 11 is 0. The number of nitrogens with zero attached hydrogens (tertiary/aromatic N) is 3. The second-order valence-electron chi connectivity index (χ2n) is 6.50. The van der Waals surface area contributed by atoms with E-state index in [0.29, 0.717) is 12.5 Å². The van der Waals surface area contributed by atoms with Crippen LogP contribution in [0.1, 0.15) is 12.0 Å². The molecule has 0 radical (unpaired) electrons. The molecule has 0 saturated heterocycles. The number of aryl methyl sites for hydroxylation is 1. The largest absolute Gasteiger partial charge is 0.476 e. The molecule has 0 bridgehead atoms. The van der Waals surface area contributed by atoms with E-state index in [9.17, 15) is 0 Å². The maximum atomic E-state index is 6.01. The van der Waals surface area contributed by atoms with Crippen LogP contribution in [0.3, 0.4) is 0 Å². The Morgan fingerprint density at radius 1 is 1.00 bits per heavy atom. The predicted molar refractivity (Wildman–Crippen MR) is 102 cm³/mol. The lowest BCUT2D eigenvalue weighted by atomic mass is 10.1. The van der Waals surface area contributed by atoms with Gasteiger partial charge in [0.1, 0.15) is 0 Å². The molecule has 3 rings (SSSR count). The molecule has 1 heterocycles. The van der Waals surface area contributed by atoms with Crippen molar-refractivity contribution < 1.29 is 4.74 Å². The molecule has 0 aliphatic heterocycles. The lowest BCUT2D eigenvalue weighted by Gasteiger charge is -2.10. The van der Waals surface area contributed by atoms with Crippen LogP contribution >= 0.6 is 0 Å². The number of ether oxygens (including phenoxy) is 1. The average Bonchev–Trinajstić information content (AvgIpc) is 3.04. The van der Waals surface area contributed by atoms with Crippen molar-refractivity contribution >= 4 is 0 Å². The lowest BCUT2D eigenvalue weighted by molar-refractivity contribution is 0.273. The first kappa shape index (κ1) is 17.2. The highest BCUT2D eigenvalue weighted by molar-refractivity contribution is 5.68. The predicted octanol–water partition coefficient (Wildman–Crippen LogP) is 4.18. The fraction of sp³-hybridized carbons (Fsp3) is 0.286. The van der Waals surface area contributed by atoms with E-state index >= 15 is 0 Å². The van der Waals surface area contributed by atoms with Crippen molar-refractivity contribution in [2.75, 3.05) is 27.2 Å². The molecular weight excluding hydrogens is 310 g/mol. The fourth-order valence-electron chi connectivity index (χ4n) is 2.66. The summed E-state index contributed by atoms with van der Waals surface area (Å²) in [5.41, 5.74) is 4.40. The maximum Gasteiger partial charge on any atom is 0.241 e. The van der Waals surface area contributed by atoms with Crippen molar-refractivity contribution in [3.8, 4) is 22.7 Å². The van der Waals surface area contributed by atoms with Crippen molar-refractivity contribution in [1.82, 2.24) is 14.7 Å². The zero-order chi connectivity index (χ0) is 17.6. The zero-order valence-electron chi connectivity index (χ0n) is 15.1. The van der Waals surface area contributed by atoms with Gasteiger partial charge in [0, 0.05) is 12.7 Å². The summed E-state index contributed by atoms with van der Waals surface area (Å²) in [6.45, 7) is 3.74. The Morgan fingerprint density at radius 3 is 2.40 bits per heavy atom. The van der Waals surface area contributed by atoms with Gasteiger partial charge in [-0.3, -0.25) is 0 Å². The number of rotatable bonds is 7. The van der Waals surface area contributed by atoms with Gasteiger partial charge in [0.15, 0.2) is 0 Å². The normalized spacial score (nSPS) is 11.0. The third-order valence-electron chi connectivity index (χ3n) is 4.05. The third-order valence-corrected chi connectivity index (χ3v) is 4.05. The first-order valence-corrected chi connectivity index (χ1v) is 8.63. The van der Waals surface area contributed by atoms with Crippen LogP contribution in [0.2, 0.25) is 0 Å². The van der Waals surface area contributed by atoms with Gasteiger partial charge >= 0.3 is 0 Å². The minimum Gasteiger partial charge on any atom is -0.476 e. The molecular formula is C21H25N3O. The molecule has 1 aromatic heterocycles. The molecule has 25 heavy (non-hydrogen) atoms. The number of hydrogen-bond acceptors (Lipinski definition) is 3. The highest BCUT2D eigenvalue weighted by Crippen LogP contribution is 2.30. The van der Waals surface area contributed by atoms with E-state index < -0.39 is 0 Å². The molecule has 3 aromatic rings. The van der Waals surface area contributed by atoms with Crippen LogP contribution in [0.15, 0.2) is 60.8 Å². The van der Waals surface area contributed by atoms with E-state index in [4.69, 9.17) is 4.74 Å². The molecule has 0 atom stereocenters. The molecule has 0 fully saturated rings. The summed E-state index contributed by atoms with van der Waals surface area (Å²) in [7, 11) is 4.14. The minimum absolute atomic E-state index is 0.656. The SMILES string of the molecule is Cc1ccc(-n2cc(-c3ccccc3)c(OCCCN(C)C)n2)cc1. The summed E-state index contributed by atoms with van der Waals surface area (Å²) in [5, 5.41) is 4.68. The molecule has 0 spiro atoms. The van der Waals surface area contributed by atoms with Gasteiger partial charge in [0.05, 0.1) is 17.9 Å². The second-order valence-corrected chi connectivity index (χ2v) is 6.50. The summed E-state index contributed by atoms with van der Waals surface area (Å²) in [6.07, 6.45) is 3.01. The zero-order valence-corrected chi connectivity index (χ0v) is 15.1. The first-order valence-electron chi connectivity index (χ1n) is 8.63. The molecule has 0 N–H and O–H groups in total. The van der Waals surface area contributed by atoms with Crippen molar-refractivity contribution in [3.63, 3.8) is 0 Å². The minimum atomic E-state index is 0.656. The van der Waals surface area contributed by atoms with Crippen molar-refractivity contribution in [3.05, 3.63) is 66.4 Å². The molecule has 4 nitrogen and oxygen atoms in total. The third kappa shape index (κ3) is 4.48. The van der Waals surface area contributed by atoms with Crippen LogP contribution in [0.5, 0.6) is 5.88 Å². The van der Waals surface area contributed by atoms with Gasteiger partial charge in [-0.1, -0.05) is 48.0 Å². The summed E-state index contributed by atoms with van der Waals surface area (Å²) < 4.78 is 7.90. The maximum absolute atomic E-state index is 6.01. The monoisotopic (exact) mass is 335 g/mol. The standard InChI is InChI=1S/C21H25N3O/c1-17-10-12-19(13-11-17)24-16-20(18-8-5-4-6-9-18)21(22-24)25-15-7-14-23(2)3/h4-6,8-13,16H,7,14-15H2,1-3H3. The van der Waals surface area contributed by atoms with E-state index in [2.05, 4.69) is 67.4 Å². The van der Waals surface area contributed by atoms with Gasteiger partial charge in [0.2, 0.25) is 5.88 Å². The van der Waals surface area contributed by atoms with Crippen molar-refractivity contribution in [1.29, 1.82) is 0 Å². The Balaban J connectivity index is 1.87. The topological polar surface area (TPSA) is 30.3 Å². The van der Waals surface area contributed by atoms with Crippen LogP contribution in [0.4, 0.5) is 0 Å². The molecule has 0 saturated carbocycles. The van der Waals surface area contributed by atoms with E-state index in [1.54, 1.807) is 0 Å². The van der Waals surface area contributed by atoms with Crippen LogP contribution < -0.4 is 4.74 Å². The lowest BCUT2D eigenvalue weighted by Crippen LogP contribution is -2.15. The van der Waals surface area contributed by atoms with Crippen LogP contribution in [0, 0.1) is 6.92 Å². The summed E-state index contributed by atoms with van der Waals surface area (Å²) in [5.74, 6) is 0.686. The van der Waals surface area contributed by atoms with Crippen molar-refractivity contribution in [2.24, 2.45) is 0 Å². The summed E-state index contributed by atoms with van der Waals surface area (Å²) in [4.78, 5) is 2.16. The quantitative estimate of drug-likeness (QED) is 0.607. The molecule has 0 amide bonds. The Bertz CT molecular complexity index is 792. The molecule has 2 aromatic carbocycles. The number of aromatic nitrogens is 2. The van der Waals surface area contributed by atoms with Gasteiger partial charge in [0.25, 0.3) is 0 Å². The first-order chi connectivity index (χ1) is 12.1. The van der Waals surface area contributed by atoms with E-state index in [1.165, 1.54) is 5.56 Å². The van der Waals surface area contributed by atoms with Gasteiger partial charge < -0.3 is 9.64 Å².